The van der Waals surface area contributed by atoms with Crippen LogP contribution in [0.2, 0.25) is 0 Å². The summed E-state index contributed by atoms with van der Waals surface area (Å²) in [6.45, 7) is 7.28. The average molecular weight is 301 g/mol. The first-order chi connectivity index (χ1) is 10.1. The van der Waals surface area contributed by atoms with Crippen molar-refractivity contribution < 1.29 is 4.74 Å². The number of nitrogen functional groups attached to an aromatic ring is 1. The lowest BCUT2D eigenvalue weighted by Crippen LogP contribution is -2.01. The maximum Gasteiger partial charge on any atom is 0.119 e. The topological polar surface area (TPSA) is 35.2 Å². The zero-order valence-electron chi connectivity index (χ0n) is 12.9. The molecule has 0 radical (unpaired) electrons. The van der Waals surface area contributed by atoms with Crippen molar-refractivity contribution in [2.24, 2.45) is 0 Å². The Kier molecular flexibility index (Phi) is 5.57. The third-order valence-corrected chi connectivity index (χ3v) is 4.34. The largest absolute Gasteiger partial charge is 0.493 e. The molecule has 0 atom stereocenters. The summed E-state index contributed by atoms with van der Waals surface area (Å²) < 4.78 is 5.82. The van der Waals surface area contributed by atoms with E-state index in [9.17, 15) is 0 Å². The monoisotopic (exact) mass is 301 g/mol. The molecular formula is C18H23NOS. The molecule has 0 saturated carbocycles. The van der Waals surface area contributed by atoms with Crippen LogP contribution in [0.25, 0.3) is 0 Å². The van der Waals surface area contributed by atoms with Crippen molar-refractivity contribution in [2.45, 2.75) is 31.6 Å². The third kappa shape index (κ3) is 4.71. The fraction of sp³-hybridized carbons (Fsp3) is 0.333. The first-order valence-corrected chi connectivity index (χ1v) is 8.26. The van der Waals surface area contributed by atoms with Crippen molar-refractivity contribution in [1.29, 1.82) is 0 Å². The Morgan fingerprint density at radius 3 is 2.43 bits per heavy atom. The molecule has 0 aliphatic rings. The van der Waals surface area contributed by atoms with E-state index < -0.39 is 0 Å². The number of nitrogens with two attached hydrogens (primary N) is 1. The van der Waals surface area contributed by atoms with Crippen LogP contribution in [0, 0.1) is 6.92 Å². The van der Waals surface area contributed by atoms with Crippen LogP contribution in [-0.4, -0.2) is 12.4 Å². The number of thioether (sulfide) groups is 1. The van der Waals surface area contributed by atoms with Gasteiger partial charge < -0.3 is 10.5 Å². The minimum Gasteiger partial charge on any atom is -0.493 e. The van der Waals surface area contributed by atoms with Gasteiger partial charge in [0.15, 0.2) is 0 Å². The predicted octanol–water partition coefficient (Wildman–Crippen LogP) is 4.87. The van der Waals surface area contributed by atoms with Crippen LogP contribution in [0.5, 0.6) is 5.75 Å². The molecule has 2 aromatic carbocycles. The van der Waals surface area contributed by atoms with Gasteiger partial charge in [-0.2, -0.15) is 0 Å². The quantitative estimate of drug-likeness (QED) is 0.469. The van der Waals surface area contributed by atoms with Gasteiger partial charge in [-0.05, 0) is 60.4 Å². The fourth-order valence-corrected chi connectivity index (χ4v) is 3.00. The summed E-state index contributed by atoms with van der Waals surface area (Å²) in [6.07, 6.45) is 0. The second kappa shape index (κ2) is 7.41. The average Bonchev–Trinajstić information content (AvgIpc) is 2.45. The molecule has 112 valence electrons. The molecule has 2 nitrogen and oxygen atoms in total. The first kappa shape index (κ1) is 15.8. The molecule has 2 N–H and O–H groups in total. The van der Waals surface area contributed by atoms with E-state index in [1.54, 1.807) is 11.8 Å². The van der Waals surface area contributed by atoms with Crippen molar-refractivity contribution in [3.63, 3.8) is 0 Å². The Hall–Kier alpha value is -1.61. The van der Waals surface area contributed by atoms with Gasteiger partial charge >= 0.3 is 0 Å². The Labute approximate surface area is 131 Å². The normalized spacial score (nSPS) is 10.9. The maximum absolute atomic E-state index is 5.82. The molecule has 2 rings (SSSR count). The van der Waals surface area contributed by atoms with E-state index in [4.69, 9.17) is 10.5 Å². The zero-order valence-corrected chi connectivity index (χ0v) is 13.7. The predicted molar refractivity (Wildman–Crippen MR) is 92.3 cm³/mol. The number of rotatable bonds is 6. The molecular weight excluding hydrogens is 278 g/mol. The zero-order chi connectivity index (χ0) is 15.2. The molecule has 0 bridgehead atoms. The molecule has 0 unspecified atom stereocenters. The van der Waals surface area contributed by atoms with Crippen molar-refractivity contribution >= 4 is 17.4 Å². The minimum atomic E-state index is 0.556. The van der Waals surface area contributed by atoms with Gasteiger partial charge in [0.25, 0.3) is 0 Å². The molecule has 0 spiro atoms. The van der Waals surface area contributed by atoms with Crippen LogP contribution in [0.3, 0.4) is 0 Å². The lowest BCUT2D eigenvalue weighted by Gasteiger charge is -2.12. The Morgan fingerprint density at radius 2 is 1.81 bits per heavy atom. The van der Waals surface area contributed by atoms with E-state index in [1.807, 2.05) is 24.3 Å². The summed E-state index contributed by atoms with van der Waals surface area (Å²) in [5.41, 5.74) is 9.16. The molecule has 2 aromatic rings. The molecule has 0 amide bonds. The molecule has 3 heteroatoms. The van der Waals surface area contributed by atoms with Gasteiger partial charge in [-0.15, -0.1) is 11.8 Å². The lowest BCUT2D eigenvalue weighted by atomic mass is 9.98. The highest BCUT2D eigenvalue weighted by molar-refractivity contribution is 7.99. The highest BCUT2D eigenvalue weighted by atomic mass is 32.2. The molecule has 0 fully saturated rings. The number of benzene rings is 2. The van der Waals surface area contributed by atoms with Gasteiger partial charge in [-0.3, -0.25) is 0 Å². The number of anilines is 1. The number of hydrogen-bond acceptors (Lipinski definition) is 3. The maximum atomic E-state index is 5.82. The van der Waals surface area contributed by atoms with Crippen molar-refractivity contribution in [1.82, 2.24) is 0 Å². The van der Waals surface area contributed by atoms with Gasteiger partial charge in [0.2, 0.25) is 0 Å². The summed E-state index contributed by atoms with van der Waals surface area (Å²) in [5.74, 6) is 2.43. The summed E-state index contributed by atoms with van der Waals surface area (Å²) in [4.78, 5) is 1.22. The van der Waals surface area contributed by atoms with E-state index in [0.717, 1.165) is 17.2 Å². The molecule has 21 heavy (non-hydrogen) atoms. The minimum absolute atomic E-state index is 0.556. The van der Waals surface area contributed by atoms with Crippen LogP contribution < -0.4 is 10.5 Å². The van der Waals surface area contributed by atoms with Crippen LogP contribution in [0.15, 0.2) is 47.4 Å². The van der Waals surface area contributed by atoms with Crippen molar-refractivity contribution in [3.8, 4) is 5.75 Å². The first-order valence-electron chi connectivity index (χ1n) is 7.28. The van der Waals surface area contributed by atoms with E-state index in [-0.39, 0.29) is 0 Å². The van der Waals surface area contributed by atoms with Crippen molar-refractivity contribution in [2.75, 3.05) is 18.1 Å². The van der Waals surface area contributed by atoms with Gasteiger partial charge in [0.05, 0.1) is 6.61 Å². The fourth-order valence-electron chi connectivity index (χ4n) is 2.27. The Balaban J connectivity index is 1.81. The molecule has 0 aliphatic carbocycles. The Morgan fingerprint density at radius 1 is 1.10 bits per heavy atom. The van der Waals surface area contributed by atoms with Crippen LogP contribution >= 0.6 is 11.8 Å². The number of aryl methyl sites for hydroxylation is 1. The highest BCUT2D eigenvalue weighted by Gasteiger charge is 2.04. The summed E-state index contributed by atoms with van der Waals surface area (Å²) in [6, 6.07) is 14.3. The summed E-state index contributed by atoms with van der Waals surface area (Å²) >= 11 is 1.78. The van der Waals surface area contributed by atoms with Crippen molar-refractivity contribution in [3.05, 3.63) is 53.6 Å². The summed E-state index contributed by atoms with van der Waals surface area (Å²) in [7, 11) is 0. The second-order valence-electron chi connectivity index (χ2n) is 5.44. The second-order valence-corrected chi connectivity index (χ2v) is 6.61. The van der Waals surface area contributed by atoms with Gasteiger partial charge in [0, 0.05) is 16.3 Å². The molecule has 0 heterocycles. The third-order valence-electron chi connectivity index (χ3n) is 3.36. The molecule has 0 aliphatic heterocycles. The molecule has 0 saturated heterocycles. The standard InChI is InChI=1S/C18H23NOS/c1-13(2)18-9-6-16(12-14(18)3)20-10-11-21-17-7-4-15(19)5-8-17/h4-9,12-13H,10-11,19H2,1-3H3. The summed E-state index contributed by atoms with van der Waals surface area (Å²) in [5, 5.41) is 0. The number of hydrogen-bond donors (Lipinski definition) is 1. The van der Waals surface area contributed by atoms with E-state index in [1.165, 1.54) is 16.0 Å². The Bertz CT molecular complexity index is 578. The van der Waals surface area contributed by atoms with Crippen LogP contribution in [0.4, 0.5) is 5.69 Å². The van der Waals surface area contributed by atoms with E-state index >= 15 is 0 Å². The van der Waals surface area contributed by atoms with Gasteiger partial charge in [0.1, 0.15) is 5.75 Å². The van der Waals surface area contributed by atoms with E-state index in [0.29, 0.717) is 12.5 Å². The highest BCUT2D eigenvalue weighted by Crippen LogP contribution is 2.24. The van der Waals surface area contributed by atoms with Crippen LogP contribution in [-0.2, 0) is 0 Å². The number of ether oxygens (including phenoxy) is 1. The van der Waals surface area contributed by atoms with Gasteiger partial charge in [-0.25, -0.2) is 0 Å². The van der Waals surface area contributed by atoms with Crippen LogP contribution in [0.1, 0.15) is 30.9 Å². The molecule has 0 aromatic heterocycles. The lowest BCUT2D eigenvalue weighted by molar-refractivity contribution is 0.343. The van der Waals surface area contributed by atoms with Gasteiger partial charge in [-0.1, -0.05) is 19.9 Å². The smallest absolute Gasteiger partial charge is 0.119 e. The van der Waals surface area contributed by atoms with E-state index in [2.05, 4.69) is 39.0 Å². The SMILES string of the molecule is Cc1cc(OCCSc2ccc(N)cc2)ccc1C(C)C.